The number of carbonyl (C=O) groups is 3. The number of primary amides is 1. The molecule has 3 heterocycles. The molecule has 1 aliphatic rings. The van der Waals surface area contributed by atoms with Crippen LogP contribution in [0.1, 0.15) is 21.7 Å². The van der Waals surface area contributed by atoms with Crippen LogP contribution < -0.4 is 10.5 Å². The van der Waals surface area contributed by atoms with Gasteiger partial charge in [0, 0.05) is 18.5 Å². The number of aromatic amines is 1. The molecule has 0 bridgehead atoms. The molecule has 5 rings (SSSR count). The lowest BCUT2D eigenvalue weighted by Crippen LogP contribution is -2.35. The van der Waals surface area contributed by atoms with Gasteiger partial charge >= 0.3 is 12.1 Å². The van der Waals surface area contributed by atoms with E-state index < -0.39 is 18.1 Å². The maximum atomic E-state index is 12.4. The highest BCUT2D eigenvalue weighted by Gasteiger charge is 2.38. The Hall–Kier alpha value is -5.07. The molecule has 4 aromatic rings. The molecule has 0 saturated heterocycles. The van der Waals surface area contributed by atoms with Crippen LogP contribution in [-0.2, 0) is 22.6 Å². The van der Waals surface area contributed by atoms with E-state index in [1.54, 1.807) is 9.42 Å². The van der Waals surface area contributed by atoms with Crippen LogP contribution in [0.3, 0.4) is 0 Å². The lowest BCUT2D eigenvalue weighted by atomic mass is 10.1. The predicted molar refractivity (Wildman–Crippen MR) is 133 cm³/mol. The molecule has 0 unspecified atom stereocenters. The van der Waals surface area contributed by atoms with Crippen molar-refractivity contribution in [1.82, 2.24) is 19.5 Å². The Morgan fingerprint density at radius 2 is 1.69 bits per heavy atom. The molecule has 202 valence electrons. The molecule has 1 aliphatic heterocycles. The first-order valence-electron chi connectivity index (χ1n) is 11.5. The summed E-state index contributed by atoms with van der Waals surface area (Å²) in [4.78, 5) is 39.5. The second kappa shape index (κ2) is 10.7. The number of ether oxygens (including phenoxy) is 1. The third-order valence-electron chi connectivity index (χ3n) is 5.81. The monoisotopic (exact) mass is 541 g/mol. The summed E-state index contributed by atoms with van der Waals surface area (Å²) in [7, 11) is 0. The molecule has 39 heavy (non-hydrogen) atoms. The summed E-state index contributed by atoms with van der Waals surface area (Å²) in [5.74, 6) is -2.04. The van der Waals surface area contributed by atoms with Crippen LogP contribution in [0.15, 0.2) is 67.3 Å². The number of hydrogen-bond acceptors (Lipinski definition) is 5. The maximum absolute atomic E-state index is 12.4. The Kier molecular flexibility index (Phi) is 7.42. The Morgan fingerprint density at radius 3 is 2.26 bits per heavy atom. The minimum Gasteiger partial charge on any atom is -0.475 e. The number of hydrogen-bond donors (Lipinski definition) is 3. The van der Waals surface area contributed by atoms with Crippen molar-refractivity contribution in [1.29, 1.82) is 0 Å². The average molecular weight is 541 g/mol. The lowest BCUT2D eigenvalue weighted by molar-refractivity contribution is -0.192. The Morgan fingerprint density at radius 1 is 1.08 bits per heavy atom. The highest BCUT2D eigenvalue weighted by molar-refractivity contribution is 6.04. The summed E-state index contributed by atoms with van der Waals surface area (Å²) in [6.45, 7) is 4.47. The van der Waals surface area contributed by atoms with Crippen LogP contribution in [0.4, 0.5) is 13.2 Å². The van der Waals surface area contributed by atoms with Crippen molar-refractivity contribution < 1.29 is 37.4 Å². The standard InChI is InChI=1S/C24H21N5O3.C2HF3O2/c1-2-20(30)28-13-12-19-18(14-28)26-24-21(23(25)31)22(27-29(19)24)15-8-10-17(11-9-15)32-16-6-4-3-5-7-16;3-2(4,5)1(6)7/h2-11,27H,1,12-14H2,(H2,25,31);(H,6,7). The second-order valence-corrected chi connectivity index (χ2v) is 8.35. The van der Waals surface area contributed by atoms with Gasteiger partial charge in [-0.25, -0.2) is 14.3 Å². The number of rotatable bonds is 5. The van der Waals surface area contributed by atoms with E-state index in [0.29, 0.717) is 42.2 Å². The first kappa shape index (κ1) is 27.0. The number of carboxylic acid groups (broad SMARTS) is 1. The van der Waals surface area contributed by atoms with Gasteiger partial charge < -0.3 is 20.5 Å². The zero-order chi connectivity index (χ0) is 28.3. The van der Waals surface area contributed by atoms with Gasteiger partial charge in [-0.15, -0.1) is 0 Å². The van der Waals surface area contributed by atoms with E-state index in [0.717, 1.165) is 22.7 Å². The van der Waals surface area contributed by atoms with Crippen molar-refractivity contribution >= 4 is 23.4 Å². The van der Waals surface area contributed by atoms with Crippen LogP contribution in [0.2, 0.25) is 0 Å². The molecule has 0 saturated carbocycles. The number of nitrogens with one attached hydrogen (secondary N) is 1. The molecular formula is C26H22F3N5O5. The number of aliphatic carboxylic acids is 1. The van der Waals surface area contributed by atoms with E-state index in [4.69, 9.17) is 20.4 Å². The van der Waals surface area contributed by atoms with E-state index in [-0.39, 0.29) is 5.91 Å². The first-order valence-corrected chi connectivity index (χ1v) is 11.5. The minimum absolute atomic E-state index is 0.138. The second-order valence-electron chi connectivity index (χ2n) is 8.35. The summed E-state index contributed by atoms with van der Waals surface area (Å²) in [5.41, 5.74) is 9.59. The number of halogens is 3. The predicted octanol–water partition coefficient (Wildman–Crippen LogP) is 3.92. The van der Waals surface area contributed by atoms with Crippen LogP contribution in [0.25, 0.3) is 16.9 Å². The van der Waals surface area contributed by atoms with Crippen molar-refractivity contribution in [2.45, 2.75) is 19.1 Å². The number of carbonyl (C=O) groups excluding carboxylic acids is 2. The SMILES string of the molecule is C=CC(=O)N1CCc2c(nc3c(C(N)=O)c(-c4ccc(Oc5ccccc5)cc4)[nH]n23)C1.O=C(O)C(F)(F)F. The molecule has 2 amide bonds. The van der Waals surface area contributed by atoms with Gasteiger partial charge in [-0.2, -0.15) is 13.2 Å². The number of fused-ring (bicyclic) bond motifs is 3. The molecule has 0 atom stereocenters. The minimum atomic E-state index is -5.08. The molecule has 0 fully saturated rings. The van der Waals surface area contributed by atoms with Crippen molar-refractivity contribution in [3.8, 4) is 22.8 Å². The molecule has 2 aromatic carbocycles. The fourth-order valence-corrected chi connectivity index (χ4v) is 4.02. The molecule has 10 nitrogen and oxygen atoms in total. The zero-order valence-corrected chi connectivity index (χ0v) is 20.2. The normalized spacial score (nSPS) is 12.7. The van der Waals surface area contributed by atoms with E-state index in [1.807, 2.05) is 54.6 Å². The highest BCUT2D eigenvalue weighted by atomic mass is 19.4. The summed E-state index contributed by atoms with van der Waals surface area (Å²) in [6.07, 6.45) is -3.18. The molecule has 0 aliphatic carbocycles. The third-order valence-corrected chi connectivity index (χ3v) is 5.81. The molecule has 0 spiro atoms. The number of para-hydroxylation sites is 1. The fraction of sp³-hybridized carbons (Fsp3) is 0.154. The smallest absolute Gasteiger partial charge is 0.475 e. The average Bonchev–Trinajstić information content (AvgIpc) is 3.44. The highest BCUT2D eigenvalue weighted by Crippen LogP contribution is 2.31. The van der Waals surface area contributed by atoms with Crippen molar-refractivity contribution in [2.24, 2.45) is 5.73 Å². The largest absolute Gasteiger partial charge is 0.490 e. The maximum Gasteiger partial charge on any atom is 0.490 e. The summed E-state index contributed by atoms with van der Waals surface area (Å²) >= 11 is 0. The van der Waals surface area contributed by atoms with Gasteiger partial charge in [0.2, 0.25) is 5.91 Å². The number of alkyl halides is 3. The van der Waals surface area contributed by atoms with Gasteiger partial charge in [-0.1, -0.05) is 24.8 Å². The van der Waals surface area contributed by atoms with Crippen molar-refractivity contribution in [2.75, 3.05) is 6.54 Å². The topological polar surface area (TPSA) is 143 Å². The number of nitrogens with zero attached hydrogens (tertiary/aromatic N) is 3. The summed E-state index contributed by atoms with van der Waals surface area (Å²) < 4.78 is 39.4. The zero-order valence-electron chi connectivity index (χ0n) is 20.2. The van der Waals surface area contributed by atoms with Gasteiger partial charge in [0.25, 0.3) is 5.91 Å². The number of amides is 2. The van der Waals surface area contributed by atoms with Crippen LogP contribution in [0, 0.1) is 0 Å². The fourth-order valence-electron chi connectivity index (χ4n) is 4.02. The van der Waals surface area contributed by atoms with E-state index >= 15 is 0 Å². The number of imidazole rings is 1. The van der Waals surface area contributed by atoms with E-state index in [1.165, 1.54) is 6.08 Å². The van der Waals surface area contributed by atoms with Crippen molar-refractivity contribution in [3.05, 3.63) is 84.2 Å². The summed E-state index contributed by atoms with van der Waals surface area (Å²) in [6, 6.07) is 16.9. The van der Waals surface area contributed by atoms with Crippen LogP contribution in [0.5, 0.6) is 11.5 Å². The number of H-pyrrole nitrogens is 1. The molecular weight excluding hydrogens is 519 g/mol. The van der Waals surface area contributed by atoms with E-state index in [9.17, 15) is 22.8 Å². The quantitative estimate of drug-likeness (QED) is 0.327. The van der Waals surface area contributed by atoms with Gasteiger partial charge in [0.15, 0.2) is 5.65 Å². The number of carboxylic acids is 1. The lowest BCUT2D eigenvalue weighted by Gasteiger charge is -2.25. The molecule has 13 heteroatoms. The molecule has 0 radical (unpaired) electrons. The summed E-state index contributed by atoms with van der Waals surface area (Å²) in [5, 5.41) is 10.4. The molecule has 2 aromatic heterocycles. The Bertz CT molecular complexity index is 1540. The van der Waals surface area contributed by atoms with Gasteiger partial charge in [0.1, 0.15) is 17.1 Å². The number of nitrogens with two attached hydrogens (primary N) is 1. The first-order chi connectivity index (χ1) is 18.5. The Balaban J connectivity index is 0.000000448. The van der Waals surface area contributed by atoms with Crippen molar-refractivity contribution in [3.63, 3.8) is 0 Å². The van der Waals surface area contributed by atoms with Gasteiger partial charge in [0.05, 0.1) is 23.6 Å². The number of benzene rings is 2. The van der Waals surface area contributed by atoms with Crippen LogP contribution in [-0.4, -0.2) is 55.1 Å². The van der Waals surface area contributed by atoms with Gasteiger partial charge in [-0.3, -0.25) is 14.7 Å². The Labute approximate surface area is 219 Å². The molecule has 4 N–H and O–H groups in total. The third kappa shape index (κ3) is 5.76. The van der Waals surface area contributed by atoms with Gasteiger partial charge in [-0.05, 0) is 42.5 Å². The number of aromatic nitrogens is 3. The van der Waals surface area contributed by atoms with E-state index in [2.05, 4.69) is 16.7 Å². The van der Waals surface area contributed by atoms with Crippen LogP contribution >= 0.6 is 0 Å².